The van der Waals surface area contributed by atoms with Crippen LogP contribution in [0.3, 0.4) is 0 Å². The molecule has 0 fully saturated rings. The highest BCUT2D eigenvalue weighted by atomic mass is 15.4. The van der Waals surface area contributed by atoms with Crippen molar-refractivity contribution in [3.8, 4) is 0 Å². The van der Waals surface area contributed by atoms with Gasteiger partial charge in [-0.3, -0.25) is 4.98 Å². The predicted molar refractivity (Wildman–Crippen MR) is 142 cm³/mol. The molecule has 6 heteroatoms. The molecule has 1 N–H and O–H groups in total. The minimum atomic E-state index is 0.600. The Morgan fingerprint density at radius 2 is 1.49 bits per heavy atom. The molecular formula is C29H26N6. The molecule has 0 amide bonds. The topological polar surface area (TPSA) is 68.5 Å². The fraction of sp³-hybridized carbons (Fsp3) is 0.103. The molecule has 0 radical (unpaired) electrons. The first-order chi connectivity index (χ1) is 17.2. The van der Waals surface area contributed by atoms with Crippen LogP contribution < -0.4 is 5.32 Å². The van der Waals surface area contributed by atoms with Gasteiger partial charge in [-0.15, -0.1) is 5.10 Å². The molecule has 0 bridgehead atoms. The molecule has 6 nitrogen and oxygen atoms in total. The summed E-state index contributed by atoms with van der Waals surface area (Å²) in [7, 11) is 0. The van der Waals surface area contributed by atoms with E-state index in [2.05, 4.69) is 76.9 Å². The number of nitrogens with one attached hydrogen (secondary N) is 1. The highest BCUT2D eigenvalue weighted by Gasteiger charge is 2.09. The Balaban J connectivity index is 0.000000271. The second-order valence-electron chi connectivity index (χ2n) is 8.39. The summed E-state index contributed by atoms with van der Waals surface area (Å²) in [6, 6.07) is 32.4. The van der Waals surface area contributed by atoms with Crippen molar-refractivity contribution in [2.45, 2.75) is 20.4 Å². The third-order valence-electron chi connectivity index (χ3n) is 5.83. The molecule has 0 aliphatic rings. The van der Waals surface area contributed by atoms with Crippen LogP contribution in [0.25, 0.3) is 22.1 Å². The smallest absolute Gasteiger partial charge is 0.180 e. The first-order valence-corrected chi connectivity index (χ1v) is 11.5. The van der Waals surface area contributed by atoms with Crippen molar-refractivity contribution in [2.24, 2.45) is 0 Å². The van der Waals surface area contributed by atoms with Crippen LogP contribution in [0.2, 0.25) is 0 Å². The lowest BCUT2D eigenvalue weighted by molar-refractivity contribution is 0.665. The molecule has 3 aromatic heterocycles. The highest BCUT2D eigenvalue weighted by Crippen LogP contribution is 2.19. The molecule has 6 aromatic rings. The summed E-state index contributed by atoms with van der Waals surface area (Å²) in [4.78, 5) is 9.07. The molecule has 0 spiro atoms. The maximum Gasteiger partial charge on any atom is 0.180 e. The van der Waals surface area contributed by atoms with E-state index in [0.717, 1.165) is 39.1 Å². The van der Waals surface area contributed by atoms with E-state index in [4.69, 9.17) is 4.98 Å². The molecule has 0 atom stereocenters. The van der Waals surface area contributed by atoms with Crippen molar-refractivity contribution in [3.63, 3.8) is 0 Å². The van der Waals surface area contributed by atoms with Gasteiger partial charge in [0.05, 0.1) is 12.1 Å². The average Bonchev–Trinajstić information content (AvgIpc) is 3.28. The molecule has 3 aromatic carbocycles. The molecule has 0 saturated carbocycles. The zero-order valence-electron chi connectivity index (χ0n) is 19.8. The van der Waals surface area contributed by atoms with Crippen LogP contribution in [0.1, 0.15) is 16.7 Å². The first kappa shape index (κ1) is 22.2. The standard InChI is InChI=1S/C21H16N6.C8H10/c1-2-6-17(7-3-1)23-20-11-10-19-21(24-20)27(26-25-19)14-15-8-9-18-16(13-15)5-4-12-22-18;1-7-5-3-4-6-8(7)2/h1-13H,14H2,(H,23,24);3-6H,1-2H3. The van der Waals surface area contributed by atoms with Gasteiger partial charge in [-0.2, -0.15) is 0 Å². The van der Waals surface area contributed by atoms with Crippen LogP contribution in [0.15, 0.2) is 103 Å². The number of aryl methyl sites for hydroxylation is 2. The second-order valence-corrected chi connectivity index (χ2v) is 8.39. The van der Waals surface area contributed by atoms with Crippen molar-refractivity contribution in [3.05, 3.63) is 120 Å². The summed E-state index contributed by atoms with van der Waals surface area (Å²) < 4.78 is 1.82. The van der Waals surface area contributed by atoms with E-state index in [1.165, 1.54) is 11.1 Å². The molecule has 0 unspecified atom stereocenters. The average molecular weight is 459 g/mol. The number of nitrogens with zero attached hydrogens (tertiary/aromatic N) is 5. The molecular weight excluding hydrogens is 432 g/mol. The number of fused-ring (bicyclic) bond motifs is 2. The van der Waals surface area contributed by atoms with Gasteiger partial charge >= 0.3 is 0 Å². The summed E-state index contributed by atoms with van der Waals surface area (Å²) in [5.74, 6) is 0.764. The summed E-state index contributed by atoms with van der Waals surface area (Å²) in [5.41, 5.74) is 7.37. The van der Waals surface area contributed by atoms with Crippen LogP contribution in [-0.4, -0.2) is 25.0 Å². The monoisotopic (exact) mass is 458 g/mol. The minimum absolute atomic E-state index is 0.600. The van der Waals surface area contributed by atoms with Crippen LogP contribution in [0.4, 0.5) is 11.5 Å². The van der Waals surface area contributed by atoms with Gasteiger partial charge in [0.15, 0.2) is 5.65 Å². The number of para-hydroxylation sites is 1. The number of rotatable bonds is 4. The maximum absolute atomic E-state index is 4.70. The van der Waals surface area contributed by atoms with Crippen LogP contribution in [-0.2, 0) is 6.54 Å². The van der Waals surface area contributed by atoms with Crippen molar-refractivity contribution in [1.82, 2.24) is 25.0 Å². The Hall–Kier alpha value is -4.58. The molecule has 35 heavy (non-hydrogen) atoms. The van der Waals surface area contributed by atoms with Gasteiger partial charge < -0.3 is 5.32 Å². The third-order valence-corrected chi connectivity index (χ3v) is 5.83. The zero-order chi connectivity index (χ0) is 24.0. The Morgan fingerprint density at radius 1 is 0.743 bits per heavy atom. The van der Waals surface area contributed by atoms with E-state index >= 15 is 0 Å². The Kier molecular flexibility index (Phi) is 6.44. The maximum atomic E-state index is 4.70. The van der Waals surface area contributed by atoms with Gasteiger partial charge in [0, 0.05) is 17.3 Å². The van der Waals surface area contributed by atoms with E-state index in [0.29, 0.717) is 6.54 Å². The fourth-order valence-corrected chi connectivity index (χ4v) is 3.76. The summed E-state index contributed by atoms with van der Waals surface area (Å²) in [5, 5.41) is 12.9. The Bertz CT molecular complexity index is 1550. The minimum Gasteiger partial charge on any atom is -0.340 e. The number of aromatic nitrogens is 5. The van der Waals surface area contributed by atoms with Gasteiger partial charge in [0.25, 0.3) is 0 Å². The van der Waals surface area contributed by atoms with Crippen molar-refractivity contribution < 1.29 is 0 Å². The summed E-state index contributed by atoms with van der Waals surface area (Å²) in [6.45, 7) is 4.84. The number of anilines is 2. The molecule has 3 heterocycles. The molecule has 0 aliphatic carbocycles. The first-order valence-electron chi connectivity index (χ1n) is 11.5. The Morgan fingerprint density at radius 3 is 2.26 bits per heavy atom. The molecule has 0 aliphatic heterocycles. The van der Waals surface area contributed by atoms with E-state index in [9.17, 15) is 0 Å². The van der Waals surface area contributed by atoms with Crippen LogP contribution >= 0.6 is 0 Å². The summed E-state index contributed by atoms with van der Waals surface area (Å²) >= 11 is 0. The Labute approximate surface area is 204 Å². The lowest BCUT2D eigenvalue weighted by Gasteiger charge is -2.07. The van der Waals surface area contributed by atoms with Crippen LogP contribution in [0.5, 0.6) is 0 Å². The van der Waals surface area contributed by atoms with E-state index in [-0.39, 0.29) is 0 Å². The van der Waals surface area contributed by atoms with Gasteiger partial charge in [0.1, 0.15) is 11.3 Å². The van der Waals surface area contributed by atoms with Gasteiger partial charge in [-0.05, 0) is 73.0 Å². The van der Waals surface area contributed by atoms with E-state index < -0.39 is 0 Å². The quantitative estimate of drug-likeness (QED) is 0.328. The van der Waals surface area contributed by atoms with Crippen molar-refractivity contribution in [2.75, 3.05) is 5.32 Å². The van der Waals surface area contributed by atoms with Gasteiger partial charge in [-0.1, -0.05) is 59.8 Å². The van der Waals surface area contributed by atoms with Crippen LogP contribution in [0, 0.1) is 13.8 Å². The normalized spacial score (nSPS) is 10.7. The largest absolute Gasteiger partial charge is 0.340 e. The zero-order valence-corrected chi connectivity index (χ0v) is 19.8. The van der Waals surface area contributed by atoms with Gasteiger partial charge in [-0.25, -0.2) is 9.67 Å². The summed E-state index contributed by atoms with van der Waals surface area (Å²) in [6.07, 6.45) is 1.80. The number of benzene rings is 3. The molecule has 172 valence electrons. The SMILES string of the molecule is Cc1ccccc1C.c1ccc(Nc2ccc3nnn(Cc4ccc5ncccc5c4)c3n2)cc1. The highest BCUT2D eigenvalue weighted by molar-refractivity contribution is 5.79. The fourth-order valence-electron chi connectivity index (χ4n) is 3.76. The van der Waals surface area contributed by atoms with Crippen molar-refractivity contribution >= 4 is 33.6 Å². The number of pyridine rings is 2. The lowest BCUT2D eigenvalue weighted by atomic mass is 10.1. The number of hydrogen-bond acceptors (Lipinski definition) is 5. The second kappa shape index (κ2) is 10.1. The van der Waals surface area contributed by atoms with E-state index in [1.54, 1.807) is 6.20 Å². The molecule has 0 saturated heterocycles. The lowest BCUT2D eigenvalue weighted by Crippen LogP contribution is -2.04. The number of hydrogen-bond donors (Lipinski definition) is 1. The van der Waals surface area contributed by atoms with Crippen molar-refractivity contribution in [1.29, 1.82) is 0 Å². The third kappa shape index (κ3) is 5.33. The molecule has 6 rings (SSSR count). The van der Waals surface area contributed by atoms with Gasteiger partial charge in [0.2, 0.25) is 0 Å². The van der Waals surface area contributed by atoms with E-state index in [1.807, 2.05) is 59.3 Å². The predicted octanol–water partition coefficient (Wildman–Crippen LogP) is 6.47.